The van der Waals surface area contributed by atoms with Crippen molar-refractivity contribution < 1.29 is 9.53 Å². The van der Waals surface area contributed by atoms with Crippen molar-refractivity contribution in [1.29, 1.82) is 0 Å². The molecule has 0 saturated carbocycles. The van der Waals surface area contributed by atoms with Gasteiger partial charge in [0.1, 0.15) is 6.61 Å². The van der Waals surface area contributed by atoms with Gasteiger partial charge >= 0.3 is 5.97 Å². The fourth-order valence-corrected chi connectivity index (χ4v) is 3.27. The molecule has 0 bridgehead atoms. The molecular weight excluding hydrogens is 344 g/mol. The van der Waals surface area contributed by atoms with Gasteiger partial charge in [0.2, 0.25) is 0 Å². The summed E-state index contributed by atoms with van der Waals surface area (Å²) in [6.45, 7) is 4.29. The van der Waals surface area contributed by atoms with Crippen molar-refractivity contribution in [3.05, 3.63) is 76.8 Å². The summed E-state index contributed by atoms with van der Waals surface area (Å²) < 4.78 is 5.38. The molecule has 4 nitrogen and oxygen atoms in total. The molecule has 1 atom stereocenters. The van der Waals surface area contributed by atoms with Crippen LogP contribution in [0.4, 0.5) is 10.8 Å². The predicted octanol–water partition coefficient (Wildman–Crippen LogP) is 5.43. The van der Waals surface area contributed by atoms with Gasteiger partial charge in [0.15, 0.2) is 5.13 Å². The van der Waals surface area contributed by atoms with E-state index in [1.54, 1.807) is 0 Å². The quantitative estimate of drug-likeness (QED) is 0.566. The molecule has 2 aromatic carbocycles. The van der Waals surface area contributed by atoms with Gasteiger partial charge in [0.25, 0.3) is 0 Å². The third kappa shape index (κ3) is 5.17. The Morgan fingerprint density at radius 2 is 1.88 bits per heavy atom. The van der Waals surface area contributed by atoms with E-state index in [0.29, 0.717) is 6.42 Å². The number of anilines is 2. The van der Waals surface area contributed by atoms with Gasteiger partial charge in [-0.2, -0.15) is 0 Å². The SMILES string of the molecule is Cc1ccc(Nc2nc(COC(=O)C[C@@H](C)c3ccccc3)cs2)cc1. The van der Waals surface area contributed by atoms with Gasteiger partial charge in [-0.15, -0.1) is 11.3 Å². The first-order chi connectivity index (χ1) is 12.6. The van der Waals surface area contributed by atoms with Crippen LogP contribution in [0.3, 0.4) is 0 Å². The largest absolute Gasteiger partial charge is 0.459 e. The van der Waals surface area contributed by atoms with Crippen LogP contribution in [-0.2, 0) is 16.1 Å². The average Bonchev–Trinajstić information content (AvgIpc) is 3.10. The van der Waals surface area contributed by atoms with Crippen LogP contribution in [0.5, 0.6) is 0 Å². The monoisotopic (exact) mass is 366 g/mol. The van der Waals surface area contributed by atoms with Crippen LogP contribution >= 0.6 is 11.3 Å². The highest BCUT2D eigenvalue weighted by Crippen LogP contribution is 2.22. The minimum Gasteiger partial charge on any atom is -0.459 e. The second-order valence-corrected chi connectivity index (χ2v) is 7.17. The zero-order valence-electron chi connectivity index (χ0n) is 14.9. The molecule has 0 spiro atoms. The summed E-state index contributed by atoms with van der Waals surface area (Å²) in [6, 6.07) is 18.1. The van der Waals surface area contributed by atoms with Crippen LogP contribution in [0.1, 0.15) is 36.1 Å². The maximum absolute atomic E-state index is 12.1. The number of nitrogens with zero attached hydrogens (tertiary/aromatic N) is 1. The number of carbonyl (C=O) groups is 1. The molecule has 1 N–H and O–H groups in total. The number of aryl methyl sites for hydroxylation is 1. The Hall–Kier alpha value is -2.66. The van der Waals surface area contributed by atoms with E-state index in [1.807, 2.05) is 66.9 Å². The Morgan fingerprint density at radius 1 is 1.15 bits per heavy atom. The van der Waals surface area contributed by atoms with Gasteiger partial charge in [-0.25, -0.2) is 4.98 Å². The third-order valence-electron chi connectivity index (χ3n) is 4.08. The van der Waals surface area contributed by atoms with E-state index < -0.39 is 0 Å². The van der Waals surface area contributed by atoms with Crippen LogP contribution in [0, 0.1) is 6.92 Å². The Kier molecular flexibility index (Phi) is 6.02. The van der Waals surface area contributed by atoms with Gasteiger partial charge in [-0.1, -0.05) is 55.0 Å². The molecule has 1 aromatic heterocycles. The molecule has 0 saturated heterocycles. The highest BCUT2D eigenvalue weighted by molar-refractivity contribution is 7.13. The van der Waals surface area contributed by atoms with Crippen LogP contribution in [0.15, 0.2) is 60.0 Å². The number of nitrogens with one attached hydrogen (secondary N) is 1. The van der Waals surface area contributed by atoms with Crippen LogP contribution < -0.4 is 5.32 Å². The first-order valence-corrected chi connectivity index (χ1v) is 9.47. The van der Waals surface area contributed by atoms with Crippen molar-refractivity contribution in [3.63, 3.8) is 0 Å². The number of ether oxygens (including phenoxy) is 1. The molecular formula is C21H22N2O2S. The molecule has 0 unspecified atom stereocenters. The molecule has 0 aliphatic heterocycles. The summed E-state index contributed by atoms with van der Waals surface area (Å²) in [5.74, 6) is -0.0692. The topological polar surface area (TPSA) is 51.2 Å². The van der Waals surface area contributed by atoms with Crippen LogP contribution in [-0.4, -0.2) is 11.0 Å². The molecule has 0 aliphatic rings. The van der Waals surface area contributed by atoms with E-state index in [4.69, 9.17) is 4.74 Å². The van der Waals surface area contributed by atoms with Crippen molar-refractivity contribution in [2.75, 3.05) is 5.32 Å². The maximum Gasteiger partial charge on any atom is 0.306 e. The van der Waals surface area contributed by atoms with Crippen molar-refractivity contribution in [3.8, 4) is 0 Å². The van der Waals surface area contributed by atoms with Gasteiger partial charge in [0.05, 0.1) is 12.1 Å². The summed E-state index contributed by atoms with van der Waals surface area (Å²) in [5.41, 5.74) is 4.10. The highest BCUT2D eigenvalue weighted by atomic mass is 32.1. The summed E-state index contributed by atoms with van der Waals surface area (Å²) in [6.07, 6.45) is 0.364. The number of carbonyl (C=O) groups excluding carboxylic acids is 1. The summed E-state index contributed by atoms with van der Waals surface area (Å²) >= 11 is 1.50. The van der Waals surface area contributed by atoms with E-state index in [0.717, 1.165) is 22.1 Å². The molecule has 3 rings (SSSR count). The molecule has 0 amide bonds. The lowest BCUT2D eigenvalue weighted by Gasteiger charge is -2.10. The molecule has 5 heteroatoms. The van der Waals surface area contributed by atoms with Gasteiger partial charge in [-0.05, 0) is 30.5 Å². The average molecular weight is 366 g/mol. The van der Waals surface area contributed by atoms with Gasteiger partial charge < -0.3 is 10.1 Å². The number of hydrogen-bond acceptors (Lipinski definition) is 5. The van der Waals surface area contributed by atoms with Crippen molar-refractivity contribution in [2.45, 2.75) is 32.8 Å². The van der Waals surface area contributed by atoms with Crippen LogP contribution in [0.25, 0.3) is 0 Å². The van der Waals surface area contributed by atoms with Crippen LogP contribution in [0.2, 0.25) is 0 Å². The molecule has 0 aliphatic carbocycles. The number of esters is 1. The number of rotatable bonds is 7. The third-order valence-corrected chi connectivity index (χ3v) is 4.88. The molecule has 1 heterocycles. The van der Waals surface area contributed by atoms with E-state index in [2.05, 4.69) is 17.2 Å². The minimum atomic E-state index is -0.206. The number of benzene rings is 2. The maximum atomic E-state index is 12.1. The molecule has 0 radical (unpaired) electrons. The Morgan fingerprint density at radius 3 is 2.62 bits per heavy atom. The highest BCUT2D eigenvalue weighted by Gasteiger charge is 2.13. The number of thiazole rings is 1. The summed E-state index contributed by atoms with van der Waals surface area (Å²) in [5, 5.41) is 5.96. The fraction of sp³-hybridized carbons (Fsp3) is 0.238. The van der Waals surface area contributed by atoms with Gasteiger partial charge in [-0.3, -0.25) is 4.79 Å². The zero-order valence-corrected chi connectivity index (χ0v) is 15.8. The molecule has 3 aromatic rings. The number of aromatic nitrogens is 1. The Labute approximate surface area is 157 Å². The predicted molar refractivity (Wildman–Crippen MR) is 106 cm³/mol. The second kappa shape index (κ2) is 8.63. The lowest BCUT2D eigenvalue weighted by atomic mass is 9.98. The lowest BCUT2D eigenvalue weighted by molar-refractivity contribution is -0.145. The Bertz CT molecular complexity index is 844. The fourth-order valence-electron chi connectivity index (χ4n) is 2.55. The van der Waals surface area contributed by atoms with Crippen molar-refractivity contribution >= 4 is 28.1 Å². The first kappa shape index (κ1) is 18.1. The number of hydrogen-bond donors (Lipinski definition) is 1. The van der Waals surface area contributed by atoms with Gasteiger partial charge in [0, 0.05) is 11.1 Å². The zero-order chi connectivity index (χ0) is 18.4. The lowest BCUT2D eigenvalue weighted by Crippen LogP contribution is -2.09. The second-order valence-electron chi connectivity index (χ2n) is 6.31. The van der Waals surface area contributed by atoms with E-state index in [9.17, 15) is 4.79 Å². The van der Waals surface area contributed by atoms with E-state index in [1.165, 1.54) is 16.9 Å². The summed E-state index contributed by atoms with van der Waals surface area (Å²) in [4.78, 5) is 16.5. The normalized spacial score (nSPS) is 11.8. The Balaban J connectivity index is 1.48. The van der Waals surface area contributed by atoms with E-state index in [-0.39, 0.29) is 18.5 Å². The van der Waals surface area contributed by atoms with Crippen molar-refractivity contribution in [1.82, 2.24) is 4.98 Å². The molecule has 134 valence electrons. The first-order valence-electron chi connectivity index (χ1n) is 8.59. The molecule has 26 heavy (non-hydrogen) atoms. The molecule has 0 fully saturated rings. The minimum absolute atomic E-state index is 0.137. The summed E-state index contributed by atoms with van der Waals surface area (Å²) in [7, 11) is 0. The van der Waals surface area contributed by atoms with Crippen molar-refractivity contribution in [2.24, 2.45) is 0 Å². The van der Waals surface area contributed by atoms with E-state index >= 15 is 0 Å². The standard InChI is InChI=1S/C21H22N2O2S/c1-15-8-10-18(11-9-15)22-21-23-19(14-26-21)13-25-20(24)12-16(2)17-6-4-3-5-7-17/h3-11,14,16H,12-13H2,1-2H3,(H,22,23)/t16-/m1/s1. The smallest absolute Gasteiger partial charge is 0.306 e.